The van der Waals surface area contributed by atoms with Crippen molar-refractivity contribution in [1.29, 1.82) is 0 Å². The van der Waals surface area contributed by atoms with Crippen molar-refractivity contribution in [2.24, 2.45) is 0 Å². The van der Waals surface area contributed by atoms with E-state index in [4.69, 9.17) is 25.8 Å². The third kappa shape index (κ3) is 6.27. The topological polar surface area (TPSA) is 144 Å². The Morgan fingerprint density at radius 1 is 0.846 bits per heavy atom. The van der Waals surface area contributed by atoms with E-state index < -0.39 is 16.4 Å². The SMILES string of the molecule is COc1cc(F)c([N+](=O)[O-])cc1Nc1nccc(-c2cn(C3COC3)c3ccccc23)n1.Clc1nccc(-c2cn(C3COC3)c3ccccc23)n1. The zero-order chi connectivity index (χ0) is 35.8. The minimum atomic E-state index is -0.986. The normalized spacial score (nSPS) is 14.4. The summed E-state index contributed by atoms with van der Waals surface area (Å²) < 4.78 is 34.2. The van der Waals surface area contributed by atoms with Crippen LogP contribution in [0.1, 0.15) is 12.1 Å². The molecule has 15 heteroatoms. The number of halogens is 2. The largest absolute Gasteiger partial charge is 0.494 e. The lowest BCUT2D eigenvalue weighted by atomic mass is 10.1. The number of nitrogens with one attached hydrogen (secondary N) is 1. The number of anilines is 2. The molecular formula is C37H30ClFN8O5. The number of nitro groups is 1. The van der Waals surface area contributed by atoms with Gasteiger partial charge in [-0.2, -0.15) is 4.39 Å². The van der Waals surface area contributed by atoms with Crippen molar-refractivity contribution in [1.82, 2.24) is 29.1 Å². The van der Waals surface area contributed by atoms with E-state index in [-0.39, 0.29) is 28.7 Å². The molecule has 7 aromatic rings. The molecule has 0 aliphatic carbocycles. The Morgan fingerprint density at radius 3 is 1.92 bits per heavy atom. The number of nitrogens with zero attached hydrogens (tertiary/aromatic N) is 7. The third-order valence-electron chi connectivity index (χ3n) is 9.05. The van der Waals surface area contributed by atoms with Gasteiger partial charge in [0.15, 0.2) is 0 Å². The molecule has 0 amide bonds. The van der Waals surface area contributed by atoms with Gasteiger partial charge in [-0.05, 0) is 35.9 Å². The van der Waals surface area contributed by atoms with Crippen LogP contribution in [-0.2, 0) is 9.47 Å². The molecule has 0 spiro atoms. The first-order chi connectivity index (χ1) is 25.4. The Labute approximate surface area is 300 Å². The van der Waals surface area contributed by atoms with Crippen LogP contribution in [0.3, 0.4) is 0 Å². The highest BCUT2D eigenvalue weighted by Crippen LogP contribution is 2.37. The van der Waals surface area contributed by atoms with Gasteiger partial charge in [0.1, 0.15) is 5.75 Å². The monoisotopic (exact) mass is 720 g/mol. The van der Waals surface area contributed by atoms with Crippen LogP contribution >= 0.6 is 11.6 Å². The minimum absolute atomic E-state index is 0.101. The van der Waals surface area contributed by atoms with Crippen LogP contribution in [0.4, 0.5) is 21.7 Å². The molecule has 2 saturated heterocycles. The number of hydrogen-bond donors (Lipinski definition) is 1. The summed E-state index contributed by atoms with van der Waals surface area (Å²) in [6, 6.07) is 22.7. The Balaban J connectivity index is 0.000000165. The quantitative estimate of drug-likeness (QED) is 0.0938. The van der Waals surface area contributed by atoms with Gasteiger partial charge < -0.3 is 28.7 Å². The van der Waals surface area contributed by atoms with Crippen molar-refractivity contribution in [2.45, 2.75) is 12.1 Å². The number of methoxy groups -OCH3 is 1. The summed E-state index contributed by atoms with van der Waals surface area (Å²) in [6.45, 7) is 2.86. The predicted molar refractivity (Wildman–Crippen MR) is 194 cm³/mol. The molecule has 0 atom stereocenters. The van der Waals surface area contributed by atoms with Gasteiger partial charge in [0.25, 0.3) is 0 Å². The van der Waals surface area contributed by atoms with Gasteiger partial charge >= 0.3 is 5.69 Å². The first-order valence-electron chi connectivity index (χ1n) is 16.3. The van der Waals surface area contributed by atoms with E-state index in [1.165, 1.54) is 18.0 Å². The van der Waals surface area contributed by atoms with Crippen LogP contribution in [-0.4, -0.2) is 67.5 Å². The summed E-state index contributed by atoms with van der Waals surface area (Å²) >= 11 is 5.90. The molecule has 13 nitrogen and oxygen atoms in total. The van der Waals surface area contributed by atoms with E-state index >= 15 is 0 Å². The average molecular weight is 721 g/mol. The predicted octanol–water partition coefficient (Wildman–Crippen LogP) is 7.79. The van der Waals surface area contributed by atoms with E-state index in [1.54, 1.807) is 18.5 Å². The van der Waals surface area contributed by atoms with Crippen molar-refractivity contribution >= 4 is 50.7 Å². The molecule has 2 aliphatic heterocycles. The van der Waals surface area contributed by atoms with Crippen molar-refractivity contribution < 1.29 is 23.5 Å². The highest BCUT2D eigenvalue weighted by molar-refractivity contribution is 6.28. The molecule has 0 bridgehead atoms. The standard InChI is InChI=1S/C22H18FN5O4.C15H12ClN3O/c1-31-21-8-16(23)20(28(29)30)9-18(21)26-22-24-7-6-17(25-22)15-10-27(13-11-32-12-13)19-5-3-2-4-14(15)19;16-15-17-6-5-13(18-15)12-7-19(10-8-20-9-10)14-4-2-1-3-11(12)14/h2-10,13H,11-12H2,1H3,(H,24,25,26);1-7,10H,8-9H2. The number of benzene rings is 3. The number of hydrogen-bond acceptors (Lipinski definition) is 10. The second-order valence-corrected chi connectivity index (χ2v) is 12.5. The van der Waals surface area contributed by atoms with Gasteiger partial charge in [0.05, 0.1) is 67.6 Å². The molecule has 4 aromatic heterocycles. The van der Waals surface area contributed by atoms with Crippen molar-refractivity contribution in [2.75, 3.05) is 38.9 Å². The molecular weight excluding hydrogens is 691 g/mol. The average Bonchev–Trinajstić information content (AvgIpc) is 3.67. The smallest absolute Gasteiger partial charge is 0.307 e. The first-order valence-corrected chi connectivity index (χ1v) is 16.7. The number of aromatic nitrogens is 6. The number of para-hydroxylation sites is 2. The lowest BCUT2D eigenvalue weighted by Crippen LogP contribution is -2.29. The fourth-order valence-corrected chi connectivity index (χ4v) is 6.46. The van der Waals surface area contributed by atoms with Gasteiger partial charge in [-0.25, -0.2) is 19.9 Å². The Bertz CT molecular complexity index is 2450. The maximum atomic E-state index is 14.0. The minimum Gasteiger partial charge on any atom is -0.494 e. The molecule has 3 aromatic carbocycles. The Morgan fingerprint density at radius 2 is 1.40 bits per heavy atom. The van der Waals surface area contributed by atoms with Crippen molar-refractivity contribution in [3.8, 4) is 28.3 Å². The molecule has 52 heavy (non-hydrogen) atoms. The number of ether oxygens (including phenoxy) is 3. The molecule has 0 unspecified atom stereocenters. The summed E-state index contributed by atoms with van der Waals surface area (Å²) in [4.78, 5) is 27.4. The van der Waals surface area contributed by atoms with Gasteiger partial charge in [-0.3, -0.25) is 10.1 Å². The van der Waals surface area contributed by atoms with Crippen LogP contribution in [0, 0.1) is 15.9 Å². The lowest BCUT2D eigenvalue weighted by molar-refractivity contribution is -0.387. The van der Waals surface area contributed by atoms with Gasteiger partial charge in [-0.1, -0.05) is 36.4 Å². The fourth-order valence-electron chi connectivity index (χ4n) is 6.31. The summed E-state index contributed by atoms with van der Waals surface area (Å²) in [5.41, 5.74) is 5.33. The second kappa shape index (κ2) is 14.0. The zero-order valence-corrected chi connectivity index (χ0v) is 28.4. The van der Waals surface area contributed by atoms with E-state index in [2.05, 4.69) is 64.8 Å². The molecule has 1 N–H and O–H groups in total. The third-order valence-corrected chi connectivity index (χ3v) is 9.24. The molecule has 0 radical (unpaired) electrons. The van der Waals surface area contributed by atoms with E-state index in [0.29, 0.717) is 24.9 Å². The lowest BCUT2D eigenvalue weighted by Gasteiger charge is -2.28. The van der Waals surface area contributed by atoms with Crippen LogP contribution in [0.15, 0.2) is 97.6 Å². The van der Waals surface area contributed by atoms with E-state index in [9.17, 15) is 14.5 Å². The molecule has 0 saturated carbocycles. The summed E-state index contributed by atoms with van der Waals surface area (Å²) in [5, 5.41) is 16.5. The van der Waals surface area contributed by atoms with E-state index in [1.807, 2.05) is 36.5 Å². The van der Waals surface area contributed by atoms with Gasteiger partial charge in [0.2, 0.25) is 17.0 Å². The number of rotatable bonds is 8. The van der Waals surface area contributed by atoms with Crippen molar-refractivity contribution in [3.05, 3.63) is 119 Å². The highest BCUT2D eigenvalue weighted by Gasteiger charge is 2.25. The van der Waals surface area contributed by atoms with Gasteiger partial charge in [0, 0.05) is 69.9 Å². The molecule has 6 heterocycles. The zero-order valence-electron chi connectivity index (χ0n) is 27.6. The fraction of sp³-hybridized carbons (Fsp3) is 0.189. The highest BCUT2D eigenvalue weighted by atomic mass is 35.5. The van der Waals surface area contributed by atoms with Crippen LogP contribution in [0.5, 0.6) is 5.75 Å². The molecule has 2 fully saturated rings. The summed E-state index contributed by atoms with van der Waals surface area (Å²) in [7, 11) is 1.35. The van der Waals surface area contributed by atoms with Gasteiger partial charge in [-0.15, -0.1) is 0 Å². The van der Waals surface area contributed by atoms with Crippen LogP contribution < -0.4 is 10.1 Å². The summed E-state index contributed by atoms with van der Waals surface area (Å²) in [5.74, 6) is -0.686. The molecule has 9 rings (SSSR count). The maximum absolute atomic E-state index is 14.0. The van der Waals surface area contributed by atoms with Crippen LogP contribution in [0.25, 0.3) is 44.3 Å². The number of nitro benzene ring substituents is 1. The first kappa shape index (κ1) is 33.2. The second-order valence-electron chi connectivity index (χ2n) is 12.2. The summed E-state index contributed by atoms with van der Waals surface area (Å²) in [6.07, 6.45) is 7.46. The molecule has 2 aliphatic rings. The van der Waals surface area contributed by atoms with E-state index in [0.717, 1.165) is 53.1 Å². The Kier molecular flexibility index (Phi) is 8.93. The maximum Gasteiger partial charge on any atom is 0.307 e. The Hall–Kier alpha value is -5.96. The van der Waals surface area contributed by atoms with Crippen LogP contribution in [0.2, 0.25) is 5.28 Å². The molecule has 262 valence electrons. The number of fused-ring (bicyclic) bond motifs is 2. The van der Waals surface area contributed by atoms with Crippen molar-refractivity contribution in [3.63, 3.8) is 0 Å².